The Bertz CT molecular complexity index is 1090. The quantitative estimate of drug-likeness (QED) is 0.494. The molecular formula is C24H31ClFN3O4S. The number of carbonyl (C=O) groups is 2. The molecule has 2 amide bonds. The minimum absolute atomic E-state index is 0.0209. The van der Waals surface area contributed by atoms with Gasteiger partial charge in [-0.25, -0.2) is 12.8 Å². The number of benzene rings is 2. The van der Waals surface area contributed by atoms with Crippen molar-refractivity contribution in [3.8, 4) is 0 Å². The maximum atomic E-state index is 13.3. The van der Waals surface area contributed by atoms with Gasteiger partial charge in [0.2, 0.25) is 21.8 Å². The topological polar surface area (TPSA) is 86.8 Å². The molecule has 7 nitrogen and oxygen atoms in total. The molecule has 2 aromatic carbocycles. The third-order valence-corrected chi connectivity index (χ3v) is 6.54. The molecule has 1 N–H and O–H groups in total. The lowest BCUT2D eigenvalue weighted by Crippen LogP contribution is -2.49. The Morgan fingerprint density at radius 3 is 2.29 bits per heavy atom. The molecule has 0 saturated carbocycles. The molecule has 2 aromatic rings. The maximum absolute atomic E-state index is 13.3. The van der Waals surface area contributed by atoms with Crippen LogP contribution in [0.15, 0.2) is 48.5 Å². The highest BCUT2D eigenvalue weighted by molar-refractivity contribution is 7.92. The van der Waals surface area contributed by atoms with E-state index in [0.29, 0.717) is 10.7 Å². The number of sulfonamides is 1. The van der Waals surface area contributed by atoms with Gasteiger partial charge in [-0.05, 0) is 69.2 Å². The van der Waals surface area contributed by atoms with Crippen LogP contribution in [0.4, 0.5) is 10.1 Å². The predicted molar refractivity (Wildman–Crippen MR) is 133 cm³/mol. The van der Waals surface area contributed by atoms with Crippen LogP contribution in [0.1, 0.15) is 39.2 Å². The third-order valence-electron chi connectivity index (χ3n) is 5.11. The summed E-state index contributed by atoms with van der Waals surface area (Å²) in [5.41, 5.74) is 1.09. The summed E-state index contributed by atoms with van der Waals surface area (Å²) < 4.78 is 38.9. The molecule has 0 unspecified atom stereocenters. The monoisotopic (exact) mass is 511 g/mol. The van der Waals surface area contributed by atoms with Crippen LogP contribution in [0.25, 0.3) is 0 Å². The zero-order valence-corrected chi connectivity index (χ0v) is 21.4. The molecule has 34 heavy (non-hydrogen) atoms. The molecule has 0 spiro atoms. The van der Waals surface area contributed by atoms with Crippen molar-refractivity contribution in [2.45, 2.75) is 52.2 Å². The smallest absolute Gasteiger partial charge is 0.242 e. The molecule has 0 aromatic heterocycles. The lowest BCUT2D eigenvalue weighted by Gasteiger charge is -2.30. The van der Waals surface area contributed by atoms with Crippen LogP contribution in [0, 0.1) is 5.82 Å². The van der Waals surface area contributed by atoms with E-state index in [1.54, 1.807) is 25.1 Å². The maximum Gasteiger partial charge on any atom is 0.242 e. The molecule has 186 valence electrons. The molecule has 0 fully saturated rings. The highest BCUT2D eigenvalue weighted by Gasteiger charge is 2.27. The van der Waals surface area contributed by atoms with Crippen LogP contribution in [0.2, 0.25) is 5.02 Å². The Balaban J connectivity index is 2.16. The molecule has 0 aliphatic rings. The number of nitrogens with one attached hydrogen (secondary N) is 1. The SMILES string of the molecule is CC(C)NC(=O)[C@H](C)N(Cc1cccc(Cl)c1)C(=O)CCCN(c1ccc(F)cc1)S(C)(=O)=O. The van der Waals surface area contributed by atoms with E-state index in [2.05, 4.69) is 5.32 Å². The fourth-order valence-electron chi connectivity index (χ4n) is 3.43. The van der Waals surface area contributed by atoms with Crippen molar-refractivity contribution in [1.29, 1.82) is 0 Å². The number of carbonyl (C=O) groups excluding carboxylic acids is 2. The molecule has 10 heteroatoms. The van der Waals surface area contributed by atoms with Crippen LogP contribution in [-0.2, 0) is 26.2 Å². The van der Waals surface area contributed by atoms with Gasteiger partial charge in [0.15, 0.2) is 0 Å². The van der Waals surface area contributed by atoms with Crippen LogP contribution >= 0.6 is 11.6 Å². The largest absolute Gasteiger partial charge is 0.352 e. The first kappa shape index (κ1) is 27.6. The van der Waals surface area contributed by atoms with Gasteiger partial charge >= 0.3 is 0 Å². The third kappa shape index (κ3) is 8.29. The van der Waals surface area contributed by atoms with E-state index in [1.165, 1.54) is 29.2 Å². The second-order valence-electron chi connectivity index (χ2n) is 8.41. The van der Waals surface area contributed by atoms with E-state index in [9.17, 15) is 22.4 Å². The Kier molecular flexibility index (Phi) is 9.88. The first-order valence-corrected chi connectivity index (χ1v) is 13.2. The average molecular weight is 512 g/mol. The molecule has 2 rings (SSSR count). The summed E-state index contributed by atoms with van der Waals surface area (Å²) in [5, 5.41) is 3.34. The van der Waals surface area contributed by atoms with E-state index in [4.69, 9.17) is 11.6 Å². The van der Waals surface area contributed by atoms with Crippen molar-refractivity contribution >= 4 is 39.1 Å². The number of amides is 2. The number of rotatable bonds is 11. The summed E-state index contributed by atoms with van der Waals surface area (Å²) in [6, 6.07) is 11.3. The number of halogens is 2. The van der Waals surface area contributed by atoms with Crippen LogP contribution in [-0.4, -0.2) is 50.0 Å². The lowest BCUT2D eigenvalue weighted by molar-refractivity contribution is -0.140. The van der Waals surface area contributed by atoms with Gasteiger partial charge < -0.3 is 10.2 Å². The zero-order chi connectivity index (χ0) is 25.5. The summed E-state index contributed by atoms with van der Waals surface area (Å²) in [7, 11) is -3.64. The molecule has 0 aliphatic heterocycles. The average Bonchev–Trinajstić information content (AvgIpc) is 2.74. The van der Waals surface area contributed by atoms with Gasteiger partial charge in [0.1, 0.15) is 11.9 Å². The summed E-state index contributed by atoms with van der Waals surface area (Å²) in [6.45, 7) is 5.54. The zero-order valence-electron chi connectivity index (χ0n) is 19.8. The Labute approximate surface area is 205 Å². The number of anilines is 1. The fraction of sp³-hybridized carbons (Fsp3) is 0.417. The van der Waals surface area contributed by atoms with Crippen molar-refractivity contribution in [3.05, 3.63) is 64.9 Å². The van der Waals surface area contributed by atoms with Crippen molar-refractivity contribution in [2.24, 2.45) is 0 Å². The molecule has 1 atom stereocenters. The molecule has 0 aliphatic carbocycles. The highest BCUT2D eigenvalue weighted by Crippen LogP contribution is 2.20. The van der Waals surface area contributed by atoms with Gasteiger partial charge in [-0.15, -0.1) is 0 Å². The van der Waals surface area contributed by atoms with Crippen molar-refractivity contribution in [3.63, 3.8) is 0 Å². The second-order valence-corrected chi connectivity index (χ2v) is 10.7. The van der Waals surface area contributed by atoms with Crippen LogP contribution in [0.5, 0.6) is 0 Å². The van der Waals surface area contributed by atoms with Gasteiger partial charge in [-0.2, -0.15) is 0 Å². The second kappa shape index (κ2) is 12.2. The minimum Gasteiger partial charge on any atom is -0.352 e. The van der Waals surface area contributed by atoms with E-state index >= 15 is 0 Å². The first-order valence-electron chi connectivity index (χ1n) is 11.0. The van der Waals surface area contributed by atoms with Gasteiger partial charge in [0.25, 0.3) is 0 Å². The normalized spacial score (nSPS) is 12.3. The van der Waals surface area contributed by atoms with Crippen LogP contribution < -0.4 is 9.62 Å². The van der Waals surface area contributed by atoms with E-state index in [-0.39, 0.29) is 43.8 Å². The number of hydrogen-bond acceptors (Lipinski definition) is 4. The molecule has 0 saturated heterocycles. The Morgan fingerprint density at radius 2 is 1.74 bits per heavy atom. The summed E-state index contributed by atoms with van der Waals surface area (Å²) in [5.74, 6) is -1.05. The van der Waals surface area contributed by atoms with Crippen molar-refractivity contribution in [2.75, 3.05) is 17.1 Å². The van der Waals surface area contributed by atoms with E-state index in [0.717, 1.165) is 16.1 Å². The molecule has 0 heterocycles. The van der Waals surface area contributed by atoms with Gasteiger partial charge in [0, 0.05) is 30.6 Å². The van der Waals surface area contributed by atoms with Crippen molar-refractivity contribution < 1.29 is 22.4 Å². The molecule has 0 radical (unpaired) electrons. The number of hydrogen-bond donors (Lipinski definition) is 1. The highest BCUT2D eigenvalue weighted by atomic mass is 35.5. The van der Waals surface area contributed by atoms with Gasteiger partial charge in [-0.1, -0.05) is 23.7 Å². The Morgan fingerprint density at radius 1 is 1.09 bits per heavy atom. The predicted octanol–water partition coefficient (Wildman–Crippen LogP) is 3.97. The molecule has 0 bridgehead atoms. The summed E-state index contributed by atoms with van der Waals surface area (Å²) in [6.07, 6.45) is 1.29. The van der Waals surface area contributed by atoms with Crippen molar-refractivity contribution in [1.82, 2.24) is 10.2 Å². The Hall–Kier alpha value is -2.65. The van der Waals surface area contributed by atoms with Gasteiger partial charge in [-0.3, -0.25) is 13.9 Å². The fourth-order valence-corrected chi connectivity index (χ4v) is 4.61. The summed E-state index contributed by atoms with van der Waals surface area (Å²) >= 11 is 6.08. The van der Waals surface area contributed by atoms with E-state index in [1.807, 2.05) is 19.9 Å². The molecular weight excluding hydrogens is 481 g/mol. The lowest BCUT2D eigenvalue weighted by atomic mass is 10.1. The van der Waals surface area contributed by atoms with Crippen LogP contribution in [0.3, 0.4) is 0 Å². The summed E-state index contributed by atoms with van der Waals surface area (Å²) in [4.78, 5) is 27.3. The first-order chi connectivity index (χ1) is 15.9. The van der Waals surface area contributed by atoms with E-state index < -0.39 is 21.9 Å². The number of nitrogens with zero attached hydrogens (tertiary/aromatic N) is 2. The standard InChI is InChI=1S/C24H31ClFN3O4S/c1-17(2)27-24(31)18(3)28(16-19-7-5-8-20(25)15-19)23(30)9-6-14-29(34(4,32)33)22-12-10-21(26)11-13-22/h5,7-8,10-13,15,17-18H,6,9,14,16H2,1-4H3,(H,27,31)/t18-/m0/s1. The van der Waals surface area contributed by atoms with Gasteiger partial charge in [0.05, 0.1) is 11.9 Å². The minimum atomic E-state index is -3.64.